The van der Waals surface area contributed by atoms with Gasteiger partial charge in [-0.05, 0) is 74.5 Å². The first kappa shape index (κ1) is 27.9. The Morgan fingerprint density at radius 3 is 1.33 bits per heavy atom. The van der Waals surface area contributed by atoms with Crippen molar-refractivity contribution in [2.24, 2.45) is 0 Å². The van der Waals surface area contributed by atoms with Gasteiger partial charge in [-0.3, -0.25) is 0 Å². The Kier molecular flexibility index (Phi) is 9.30. The van der Waals surface area contributed by atoms with Gasteiger partial charge in [-0.2, -0.15) is 13.2 Å². The molecule has 0 aliphatic rings. The first-order valence-corrected chi connectivity index (χ1v) is 14.1. The van der Waals surface area contributed by atoms with E-state index in [0.717, 1.165) is 0 Å². The normalized spacial score (nSPS) is 11.6. The van der Waals surface area contributed by atoms with E-state index in [1.165, 1.54) is 35.6 Å². The van der Waals surface area contributed by atoms with Crippen LogP contribution in [0.25, 0.3) is 0 Å². The summed E-state index contributed by atoms with van der Waals surface area (Å²) in [6.45, 7) is 4.28. The lowest BCUT2D eigenvalue weighted by Gasteiger charge is -2.09. The highest BCUT2D eigenvalue weighted by atomic mass is 32.2. The standard InChI is InChI=1S/C26H23S2.CHF3O3S/c1-20-8-14-24(15-9-20)28(25-16-10-21(2)11-17-25)26-18-12-23(13-19-26)27-22-6-4-3-5-7-22;2-1(3,4)8(5,6)7/h3-19H,1-2H3;(H,5,6,7)/q+1;/p-1. The van der Waals surface area contributed by atoms with Gasteiger partial charge >= 0.3 is 5.51 Å². The first-order chi connectivity index (χ1) is 16.9. The van der Waals surface area contributed by atoms with Gasteiger partial charge in [0.05, 0.1) is 10.9 Å². The second-order valence-corrected chi connectivity index (χ2v) is 12.3. The van der Waals surface area contributed by atoms with Gasteiger partial charge in [0, 0.05) is 9.79 Å². The highest BCUT2D eigenvalue weighted by molar-refractivity contribution is 7.99. The Labute approximate surface area is 216 Å². The van der Waals surface area contributed by atoms with Crippen molar-refractivity contribution in [3.8, 4) is 0 Å². The van der Waals surface area contributed by atoms with Crippen molar-refractivity contribution in [2.75, 3.05) is 0 Å². The van der Waals surface area contributed by atoms with E-state index in [9.17, 15) is 13.2 Å². The van der Waals surface area contributed by atoms with Crippen LogP contribution in [0, 0.1) is 13.8 Å². The summed E-state index contributed by atoms with van der Waals surface area (Å²) in [6.07, 6.45) is 0. The molecule has 4 rings (SSSR count). The van der Waals surface area contributed by atoms with Gasteiger partial charge in [0.15, 0.2) is 24.8 Å². The maximum atomic E-state index is 10.7. The lowest BCUT2D eigenvalue weighted by molar-refractivity contribution is -0.0517. The van der Waals surface area contributed by atoms with E-state index in [1.54, 1.807) is 11.8 Å². The van der Waals surface area contributed by atoms with Crippen LogP contribution in [0.15, 0.2) is 128 Å². The number of hydrogen-bond donors (Lipinski definition) is 0. The molecule has 0 heterocycles. The third-order valence-electron chi connectivity index (χ3n) is 4.84. The molecule has 36 heavy (non-hydrogen) atoms. The summed E-state index contributed by atoms with van der Waals surface area (Å²) in [6, 6.07) is 37.5. The molecule has 4 aromatic carbocycles. The summed E-state index contributed by atoms with van der Waals surface area (Å²) in [5.41, 5.74) is -3.05. The topological polar surface area (TPSA) is 57.2 Å². The fraction of sp³-hybridized carbons (Fsp3) is 0.111. The van der Waals surface area contributed by atoms with E-state index >= 15 is 0 Å². The summed E-state index contributed by atoms with van der Waals surface area (Å²) >= 11 is 1.81. The second-order valence-electron chi connectivity index (χ2n) is 7.72. The summed E-state index contributed by atoms with van der Waals surface area (Å²) in [5.74, 6) is 0. The molecule has 0 fully saturated rings. The van der Waals surface area contributed by atoms with Gasteiger partial charge < -0.3 is 4.55 Å². The van der Waals surface area contributed by atoms with E-state index < -0.39 is 15.6 Å². The Morgan fingerprint density at radius 1 is 0.639 bits per heavy atom. The molecule has 0 radical (unpaired) electrons. The van der Waals surface area contributed by atoms with Gasteiger partial charge in [-0.15, -0.1) is 0 Å². The van der Waals surface area contributed by atoms with Crippen molar-refractivity contribution in [1.29, 1.82) is 0 Å². The number of hydrogen-bond acceptors (Lipinski definition) is 4. The molecule has 0 aliphatic carbocycles. The summed E-state index contributed by atoms with van der Waals surface area (Å²) in [4.78, 5) is 6.61. The van der Waals surface area contributed by atoms with Crippen LogP contribution in [-0.4, -0.2) is 18.5 Å². The molecule has 0 saturated heterocycles. The molecule has 188 valence electrons. The number of benzene rings is 4. The van der Waals surface area contributed by atoms with Crippen molar-refractivity contribution in [2.45, 2.75) is 43.8 Å². The number of aryl methyl sites for hydroxylation is 2. The second kappa shape index (κ2) is 12.0. The zero-order valence-electron chi connectivity index (χ0n) is 19.4. The fourth-order valence-electron chi connectivity index (χ4n) is 3.03. The van der Waals surface area contributed by atoms with Crippen molar-refractivity contribution in [1.82, 2.24) is 0 Å². The molecule has 3 nitrogen and oxygen atoms in total. The number of rotatable bonds is 5. The first-order valence-electron chi connectivity index (χ1n) is 10.7. The van der Waals surface area contributed by atoms with Crippen molar-refractivity contribution in [3.05, 3.63) is 114 Å². The molecule has 0 saturated carbocycles. The van der Waals surface area contributed by atoms with Crippen molar-refractivity contribution < 1.29 is 26.1 Å². The Bertz CT molecular complexity index is 1310. The van der Waals surface area contributed by atoms with Crippen LogP contribution in [0.4, 0.5) is 13.2 Å². The quantitative estimate of drug-likeness (QED) is 0.146. The predicted octanol–water partition coefficient (Wildman–Crippen LogP) is 7.60. The summed E-state index contributed by atoms with van der Waals surface area (Å²) < 4.78 is 58.9. The van der Waals surface area contributed by atoms with Crippen LogP contribution < -0.4 is 0 Å². The molecule has 0 amide bonds. The third kappa shape index (κ3) is 7.89. The summed E-state index contributed by atoms with van der Waals surface area (Å²) in [7, 11) is -6.19. The summed E-state index contributed by atoms with van der Waals surface area (Å²) in [5, 5.41) is 0. The van der Waals surface area contributed by atoms with Crippen LogP contribution in [-0.2, 0) is 21.0 Å². The zero-order valence-corrected chi connectivity index (χ0v) is 21.8. The van der Waals surface area contributed by atoms with E-state index in [0.29, 0.717) is 0 Å². The molecule has 0 N–H and O–H groups in total. The highest BCUT2D eigenvalue weighted by Crippen LogP contribution is 2.34. The Hall–Kier alpha value is -2.72. The van der Waals surface area contributed by atoms with Gasteiger partial charge in [0.1, 0.15) is 0 Å². The minimum Gasteiger partial charge on any atom is -0.741 e. The monoisotopic (exact) mass is 548 g/mol. The SMILES string of the molecule is Cc1ccc([S+](c2ccc(C)cc2)c2ccc(Sc3ccccc3)cc2)cc1.O=S(=O)([O-])C(F)(F)F. The Morgan fingerprint density at radius 2 is 0.972 bits per heavy atom. The lowest BCUT2D eigenvalue weighted by Crippen LogP contribution is -2.21. The fourth-order valence-corrected chi connectivity index (χ4v) is 5.90. The average Bonchev–Trinajstić information content (AvgIpc) is 2.83. The van der Waals surface area contributed by atoms with Gasteiger partial charge in [0.2, 0.25) is 0 Å². The van der Waals surface area contributed by atoms with Crippen molar-refractivity contribution in [3.63, 3.8) is 0 Å². The zero-order chi connectivity index (χ0) is 26.3. The number of alkyl halides is 3. The lowest BCUT2D eigenvalue weighted by atomic mass is 10.2. The molecular weight excluding hydrogens is 525 g/mol. The molecule has 0 spiro atoms. The van der Waals surface area contributed by atoms with Gasteiger partial charge in [-0.1, -0.05) is 65.4 Å². The smallest absolute Gasteiger partial charge is 0.485 e. The maximum Gasteiger partial charge on any atom is 0.485 e. The van der Waals surface area contributed by atoms with Crippen LogP contribution in [0.1, 0.15) is 11.1 Å². The van der Waals surface area contributed by atoms with Gasteiger partial charge in [0.25, 0.3) is 0 Å². The van der Waals surface area contributed by atoms with E-state index in [4.69, 9.17) is 13.0 Å². The van der Waals surface area contributed by atoms with Gasteiger partial charge in [-0.25, -0.2) is 8.42 Å². The molecule has 0 aliphatic heterocycles. The molecule has 0 bridgehead atoms. The molecule has 9 heteroatoms. The number of halogens is 3. The largest absolute Gasteiger partial charge is 0.741 e. The van der Waals surface area contributed by atoms with Crippen LogP contribution in [0.3, 0.4) is 0 Å². The van der Waals surface area contributed by atoms with Crippen LogP contribution >= 0.6 is 11.8 Å². The van der Waals surface area contributed by atoms with Crippen LogP contribution in [0.5, 0.6) is 0 Å². The maximum absolute atomic E-state index is 10.7. The minimum atomic E-state index is -6.09. The van der Waals surface area contributed by atoms with Crippen LogP contribution in [0.2, 0.25) is 0 Å². The molecular formula is C27H23F3O3S3. The van der Waals surface area contributed by atoms with E-state index in [2.05, 4.69) is 117 Å². The predicted molar refractivity (Wildman–Crippen MR) is 137 cm³/mol. The molecule has 0 unspecified atom stereocenters. The average molecular weight is 549 g/mol. The minimum absolute atomic E-state index is 0.0952. The highest BCUT2D eigenvalue weighted by Gasteiger charge is 2.37. The molecule has 0 atom stereocenters. The third-order valence-corrected chi connectivity index (χ3v) is 8.65. The van der Waals surface area contributed by atoms with E-state index in [-0.39, 0.29) is 10.9 Å². The molecule has 4 aromatic rings. The Balaban J connectivity index is 0.000000392. The van der Waals surface area contributed by atoms with Crippen molar-refractivity contribution >= 4 is 32.8 Å². The van der Waals surface area contributed by atoms with E-state index in [1.807, 2.05) is 0 Å². The molecule has 0 aromatic heterocycles.